The van der Waals surface area contributed by atoms with Crippen molar-refractivity contribution in [1.29, 1.82) is 0 Å². The number of hydrogen-bond donors (Lipinski definition) is 2. The molecule has 0 aromatic carbocycles. The molecule has 3 N–H and O–H groups in total. The van der Waals surface area contributed by atoms with Gasteiger partial charge >= 0.3 is 19.8 Å². The normalized spacial score (nSPS) is 13.3. The second kappa shape index (κ2) is 54.6. The van der Waals surface area contributed by atoms with Crippen LogP contribution in [0.3, 0.4) is 0 Å². The minimum atomic E-state index is -4.39. The van der Waals surface area contributed by atoms with E-state index in [4.69, 9.17) is 24.3 Å². The molecule has 0 aromatic heterocycles. The minimum absolute atomic E-state index is 0.0510. The Morgan fingerprint density at radius 3 is 1.21 bits per heavy atom. The van der Waals surface area contributed by atoms with Crippen LogP contribution in [0.4, 0.5) is 0 Å². The SMILES string of the molecule is CC/C=C\C/C=C\C/C=C\CCCCCCCC(=O)OC(COC(=O)CCCCCCCCCCCCCCCCCCCCCCCCCCCCCCCCCC)COP(=O)(O)OCCN. The molecule has 0 aliphatic rings. The van der Waals surface area contributed by atoms with E-state index in [1.165, 1.54) is 186 Å². The Hall–Kier alpha value is -1.77. The number of ether oxygens (including phenoxy) is 2. The van der Waals surface area contributed by atoms with Crippen molar-refractivity contribution < 1.29 is 37.6 Å². The molecule has 2 atom stereocenters. The summed E-state index contributed by atoms with van der Waals surface area (Å²) in [6.07, 6.45) is 65.2. The third-order valence-electron chi connectivity index (χ3n) is 12.8. The van der Waals surface area contributed by atoms with Crippen LogP contribution in [0, 0.1) is 0 Å². The molecule has 0 aromatic rings. The highest BCUT2D eigenvalue weighted by Gasteiger charge is 2.26. The molecule has 0 radical (unpaired) electrons. The van der Waals surface area contributed by atoms with Crippen molar-refractivity contribution >= 4 is 19.8 Å². The van der Waals surface area contributed by atoms with E-state index in [9.17, 15) is 19.0 Å². The second-order valence-electron chi connectivity index (χ2n) is 19.5. The smallest absolute Gasteiger partial charge is 0.462 e. The lowest BCUT2D eigenvalue weighted by molar-refractivity contribution is -0.161. The topological polar surface area (TPSA) is 134 Å². The first-order valence-corrected chi connectivity index (χ1v) is 30.5. The lowest BCUT2D eigenvalue weighted by Crippen LogP contribution is -2.29. The van der Waals surface area contributed by atoms with Gasteiger partial charge in [0.05, 0.1) is 13.2 Å². The van der Waals surface area contributed by atoms with E-state index < -0.39 is 26.5 Å². The Morgan fingerprint density at radius 2 is 0.809 bits per heavy atom. The third-order valence-corrected chi connectivity index (χ3v) is 13.8. The maximum absolute atomic E-state index is 12.6. The molecule has 68 heavy (non-hydrogen) atoms. The zero-order chi connectivity index (χ0) is 49.5. The van der Waals surface area contributed by atoms with Crippen molar-refractivity contribution in [3.8, 4) is 0 Å². The van der Waals surface area contributed by atoms with E-state index >= 15 is 0 Å². The van der Waals surface area contributed by atoms with Crippen LogP contribution in [0.5, 0.6) is 0 Å². The number of esters is 2. The molecule has 9 nitrogen and oxygen atoms in total. The quantitative estimate of drug-likeness (QED) is 0.0264. The highest BCUT2D eigenvalue weighted by Crippen LogP contribution is 2.43. The predicted molar refractivity (Wildman–Crippen MR) is 289 cm³/mol. The number of hydrogen-bond acceptors (Lipinski definition) is 8. The number of unbranched alkanes of at least 4 members (excludes halogenated alkanes) is 36. The number of allylic oxidation sites excluding steroid dienone is 6. The molecule has 0 saturated carbocycles. The van der Waals surface area contributed by atoms with Gasteiger partial charge in [0, 0.05) is 19.4 Å². The molecule has 0 rings (SSSR count). The minimum Gasteiger partial charge on any atom is -0.462 e. The molecule has 0 aliphatic carbocycles. The Morgan fingerprint density at radius 1 is 0.456 bits per heavy atom. The van der Waals surface area contributed by atoms with Crippen LogP contribution in [-0.2, 0) is 32.7 Å². The molecule has 0 aliphatic heterocycles. The van der Waals surface area contributed by atoms with Crippen LogP contribution in [0.1, 0.15) is 290 Å². The molecule has 10 heteroatoms. The average Bonchev–Trinajstić information content (AvgIpc) is 3.33. The summed E-state index contributed by atoms with van der Waals surface area (Å²) in [4.78, 5) is 35.1. The summed E-state index contributed by atoms with van der Waals surface area (Å²) in [5.74, 6) is -0.836. The van der Waals surface area contributed by atoms with Crippen molar-refractivity contribution in [3.05, 3.63) is 36.5 Å². The molecule has 0 bridgehead atoms. The number of phosphoric acid groups is 1. The molecule has 0 amide bonds. The van der Waals surface area contributed by atoms with Gasteiger partial charge in [-0.15, -0.1) is 0 Å². The summed E-state index contributed by atoms with van der Waals surface area (Å²) < 4.78 is 32.9. The molecule has 0 spiro atoms. The Kier molecular flexibility index (Phi) is 53.1. The fourth-order valence-electron chi connectivity index (χ4n) is 8.54. The third kappa shape index (κ3) is 53.6. The van der Waals surface area contributed by atoms with Gasteiger partial charge in [0.2, 0.25) is 0 Å². The van der Waals surface area contributed by atoms with Crippen LogP contribution in [-0.4, -0.2) is 49.3 Å². The lowest BCUT2D eigenvalue weighted by atomic mass is 10.0. The first-order chi connectivity index (χ1) is 33.3. The van der Waals surface area contributed by atoms with Gasteiger partial charge in [0.1, 0.15) is 6.61 Å². The van der Waals surface area contributed by atoms with E-state index in [0.717, 1.165) is 70.6 Å². The largest absolute Gasteiger partial charge is 0.472 e. The summed E-state index contributed by atoms with van der Waals surface area (Å²) in [7, 11) is -4.39. The highest BCUT2D eigenvalue weighted by atomic mass is 31.2. The summed E-state index contributed by atoms with van der Waals surface area (Å²) >= 11 is 0. The zero-order valence-electron chi connectivity index (χ0n) is 44.6. The molecule has 2 unspecified atom stereocenters. The monoisotopic (exact) mass is 980 g/mol. The number of phosphoric ester groups is 1. The van der Waals surface area contributed by atoms with Gasteiger partial charge in [0.15, 0.2) is 6.10 Å². The Bertz CT molecular complexity index is 1210. The number of nitrogens with two attached hydrogens (primary N) is 1. The fraction of sp³-hybridized carbons (Fsp3) is 0.862. The summed E-state index contributed by atoms with van der Waals surface area (Å²) in [6, 6.07) is 0. The van der Waals surface area contributed by atoms with Crippen molar-refractivity contribution in [2.24, 2.45) is 5.73 Å². The average molecular weight is 980 g/mol. The maximum Gasteiger partial charge on any atom is 0.472 e. The summed E-state index contributed by atoms with van der Waals surface area (Å²) in [5, 5.41) is 0. The van der Waals surface area contributed by atoms with Crippen molar-refractivity contribution in [3.63, 3.8) is 0 Å². The predicted octanol–water partition coefficient (Wildman–Crippen LogP) is 18.0. The van der Waals surface area contributed by atoms with E-state index in [2.05, 4.69) is 50.3 Å². The number of rotatable bonds is 55. The van der Waals surface area contributed by atoms with Crippen LogP contribution >= 0.6 is 7.82 Å². The molecular weight excluding hydrogens is 870 g/mol. The van der Waals surface area contributed by atoms with Gasteiger partial charge in [-0.25, -0.2) is 4.57 Å². The number of carbonyl (C=O) groups excluding carboxylic acids is 2. The molecule has 0 heterocycles. The zero-order valence-corrected chi connectivity index (χ0v) is 45.5. The highest BCUT2D eigenvalue weighted by molar-refractivity contribution is 7.47. The van der Waals surface area contributed by atoms with Gasteiger partial charge in [-0.05, 0) is 44.9 Å². The molecule has 0 fully saturated rings. The van der Waals surface area contributed by atoms with Gasteiger partial charge in [-0.3, -0.25) is 18.6 Å². The van der Waals surface area contributed by atoms with Crippen LogP contribution in [0.25, 0.3) is 0 Å². The molecule has 0 saturated heterocycles. The molecular formula is C58H110NO8P. The van der Waals surface area contributed by atoms with Crippen molar-refractivity contribution in [1.82, 2.24) is 0 Å². The van der Waals surface area contributed by atoms with Crippen LogP contribution in [0.2, 0.25) is 0 Å². The summed E-state index contributed by atoms with van der Waals surface area (Å²) in [6.45, 7) is 3.65. The van der Waals surface area contributed by atoms with Crippen LogP contribution in [0.15, 0.2) is 36.5 Å². The Balaban J connectivity index is 3.82. The van der Waals surface area contributed by atoms with Crippen molar-refractivity contribution in [2.45, 2.75) is 296 Å². The van der Waals surface area contributed by atoms with Gasteiger partial charge in [0.25, 0.3) is 0 Å². The van der Waals surface area contributed by atoms with Gasteiger partial charge < -0.3 is 20.1 Å². The van der Waals surface area contributed by atoms with E-state index in [1.54, 1.807) is 0 Å². The van der Waals surface area contributed by atoms with E-state index in [1.807, 2.05) is 0 Å². The summed E-state index contributed by atoms with van der Waals surface area (Å²) in [5.41, 5.74) is 5.37. The lowest BCUT2D eigenvalue weighted by Gasteiger charge is -2.19. The van der Waals surface area contributed by atoms with Gasteiger partial charge in [-0.1, -0.05) is 269 Å². The second-order valence-corrected chi connectivity index (χ2v) is 20.9. The maximum atomic E-state index is 12.6. The van der Waals surface area contributed by atoms with E-state index in [-0.39, 0.29) is 38.6 Å². The number of carbonyl (C=O) groups is 2. The van der Waals surface area contributed by atoms with Crippen LogP contribution < -0.4 is 5.73 Å². The standard InChI is InChI=1S/C58H110NO8P/c1-3-5-7-9-11-13-15-17-19-20-21-22-23-24-25-26-27-28-29-30-31-32-33-34-35-37-38-40-42-44-46-48-50-57(60)64-54-56(55-66-68(62,63)65-53-52-59)67-58(61)51-49-47-45-43-41-39-36-18-16-14-12-10-8-6-4-2/h6,8,12,14,18,36,56H,3-5,7,9-11,13,15-17,19-35,37-55,59H2,1-2H3,(H,62,63)/b8-6-,14-12-,36-18-. The molecule has 400 valence electrons. The van der Waals surface area contributed by atoms with Gasteiger partial charge in [-0.2, -0.15) is 0 Å². The first kappa shape index (κ1) is 66.2. The first-order valence-electron chi connectivity index (χ1n) is 29.0. The van der Waals surface area contributed by atoms with E-state index in [0.29, 0.717) is 6.42 Å². The fourth-order valence-corrected chi connectivity index (χ4v) is 9.30. The van der Waals surface area contributed by atoms with Crippen molar-refractivity contribution in [2.75, 3.05) is 26.4 Å². The Labute approximate surface area is 420 Å².